The van der Waals surface area contributed by atoms with E-state index in [0.29, 0.717) is 0 Å². The van der Waals surface area contributed by atoms with Crippen molar-refractivity contribution in [1.82, 2.24) is 0 Å². The molecule has 0 aliphatic heterocycles. The van der Waals surface area contributed by atoms with Crippen LogP contribution in [0.1, 0.15) is 0 Å². The Morgan fingerprint density at radius 2 is 0.875 bits per heavy atom. The predicted molar refractivity (Wildman–Crippen MR) is 167 cm³/mol. The average molecular weight is 511 g/mol. The van der Waals surface area contributed by atoms with Gasteiger partial charge in [0.1, 0.15) is 22.3 Å². The Morgan fingerprint density at radius 1 is 0.325 bits per heavy atom. The molecule has 0 unspecified atom stereocenters. The minimum absolute atomic E-state index is 0.837. The van der Waals surface area contributed by atoms with Crippen LogP contribution in [-0.2, 0) is 0 Å². The monoisotopic (exact) mass is 510 g/mol. The summed E-state index contributed by atoms with van der Waals surface area (Å²) >= 11 is 0. The zero-order valence-electron chi connectivity index (χ0n) is 21.5. The molecule has 2 aromatic heterocycles. The summed E-state index contributed by atoms with van der Waals surface area (Å²) in [6.45, 7) is 0. The molecule has 0 aliphatic rings. The second-order valence-electron chi connectivity index (χ2n) is 10.4. The number of benzene rings is 7. The van der Waals surface area contributed by atoms with E-state index in [9.17, 15) is 0 Å². The molecule has 0 bridgehead atoms. The minimum atomic E-state index is 0.837. The van der Waals surface area contributed by atoms with Gasteiger partial charge in [0.25, 0.3) is 0 Å². The van der Waals surface area contributed by atoms with Crippen molar-refractivity contribution >= 4 is 65.4 Å². The van der Waals surface area contributed by atoms with Crippen molar-refractivity contribution in [3.8, 4) is 22.3 Å². The number of rotatable bonds is 2. The van der Waals surface area contributed by atoms with Gasteiger partial charge in [0.15, 0.2) is 0 Å². The van der Waals surface area contributed by atoms with Crippen molar-refractivity contribution in [3.05, 3.63) is 133 Å². The molecule has 0 N–H and O–H groups in total. The van der Waals surface area contributed by atoms with E-state index in [1.165, 1.54) is 38.2 Å². The summed E-state index contributed by atoms with van der Waals surface area (Å²) in [4.78, 5) is 0. The van der Waals surface area contributed by atoms with Crippen molar-refractivity contribution in [1.29, 1.82) is 0 Å². The fourth-order valence-corrected chi connectivity index (χ4v) is 6.55. The normalized spacial score (nSPS) is 12.0. The maximum atomic E-state index is 6.69. The summed E-state index contributed by atoms with van der Waals surface area (Å²) < 4.78 is 12.9. The number of furan rings is 2. The Labute approximate surface area is 229 Å². The Kier molecular flexibility index (Phi) is 4.36. The second-order valence-corrected chi connectivity index (χ2v) is 10.4. The molecule has 0 atom stereocenters. The average Bonchev–Trinajstić information content (AvgIpc) is 3.56. The molecule has 2 nitrogen and oxygen atoms in total. The van der Waals surface area contributed by atoms with Gasteiger partial charge in [0.2, 0.25) is 0 Å². The lowest BCUT2D eigenvalue weighted by atomic mass is 9.85. The molecule has 0 aliphatic carbocycles. The second kappa shape index (κ2) is 8.08. The van der Waals surface area contributed by atoms with E-state index in [2.05, 4.69) is 115 Å². The Bertz CT molecular complexity index is 2370. The summed E-state index contributed by atoms with van der Waals surface area (Å²) in [5, 5.41) is 9.35. The van der Waals surface area contributed by atoms with Crippen molar-refractivity contribution in [2.45, 2.75) is 0 Å². The smallest absolute Gasteiger partial charge is 0.143 e. The zero-order chi connectivity index (χ0) is 26.2. The molecule has 2 heterocycles. The number of hydrogen-bond acceptors (Lipinski definition) is 2. The molecule has 9 aromatic rings. The molecule has 40 heavy (non-hydrogen) atoms. The topological polar surface area (TPSA) is 26.3 Å². The molecule has 0 radical (unpaired) electrons. The maximum Gasteiger partial charge on any atom is 0.143 e. The van der Waals surface area contributed by atoms with E-state index in [0.717, 1.165) is 49.4 Å². The van der Waals surface area contributed by atoms with Crippen LogP contribution in [0.15, 0.2) is 142 Å². The highest BCUT2D eigenvalue weighted by Gasteiger charge is 2.20. The van der Waals surface area contributed by atoms with Gasteiger partial charge in [-0.25, -0.2) is 0 Å². The van der Waals surface area contributed by atoms with Crippen LogP contribution in [0.3, 0.4) is 0 Å². The SMILES string of the molecule is c1ccc(-c2c3ccccc3c(-c3cccc4c3oc3cc5oc6ccccc6c5cc34)c3ccccc23)cc1. The van der Waals surface area contributed by atoms with E-state index in [1.54, 1.807) is 0 Å². The molecule has 9 rings (SSSR count). The van der Waals surface area contributed by atoms with Gasteiger partial charge < -0.3 is 8.83 Å². The maximum absolute atomic E-state index is 6.69. The first-order valence-electron chi connectivity index (χ1n) is 13.6. The summed E-state index contributed by atoms with van der Waals surface area (Å²) in [7, 11) is 0. The molecule has 0 saturated carbocycles. The van der Waals surface area contributed by atoms with Gasteiger partial charge in [-0.3, -0.25) is 0 Å². The Balaban J connectivity index is 1.41. The molecule has 0 spiro atoms. The van der Waals surface area contributed by atoms with Gasteiger partial charge >= 0.3 is 0 Å². The van der Waals surface area contributed by atoms with E-state index >= 15 is 0 Å². The van der Waals surface area contributed by atoms with Crippen LogP contribution in [0.5, 0.6) is 0 Å². The van der Waals surface area contributed by atoms with Crippen molar-refractivity contribution in [2.75, 3.05) is 0 Å². The summed E-state index contributed by atoms with van der Waals surface area (Å²) in [5.74, 6) is 0. The Hall–Kier alpha value is -5.34. The first-order chi connectivity index (χ1) is 19.8. The predicted octanol–water partition coefficient (Wildman–Crippen LogP) is 11.1. The van der Waals surface area contributed by atoms with E-state index in [-0.39, 0.29) is 0 Å². The van der Waals surface area contributed by atoms with Crippen LogP contribution in [0, 0.1) is 0 Å². The fourth-order valence-electron chi connectivity index (χ4n) is 6.55. The van der Waals surface area contributed by atoms with Crippen LogP contribution >= 0.6 is 0 Å². The molecular weight excluding hydrogens is 488 g/mol. The lowest BCUT2D eigenvalue weighted by Crippen LogP contribution is -1.90. The fraction of sp³-hybridized carbons (Fsp3) is 0. The molecule has 0 amide bonds. The van der Waals surface area contributed by atoms with E-state index in [4.69, 9.17) is 8.83 Å². The van der Waals surface area contributed by atoms with Crippen LogP contribution in [0.4, 0.5) is 0 Å². The first kappa shape index (κ1) is 21.6. The van der Waals surface area contributed by atoms with E-state index in [1.807, 2.05) is 18.2 Å². The third-order valence-corrected chi connectivity index (χ3v) is 8.26. The highest BCUT2D eigenvalue weighted by molar-refractivity contribution is 6.25. The van der Waals surface area contributed by atoms with Gasteiger partial charge in [-0.1, -0.05) is 115 Å². The third-order valence-electron chi connectivity index (χ3n) is 8.26. The molecule has 2 heteroatoms. The van der Waals surface area contributed by atoms with Crippen LogP contribution in [0.2, 0.25) is 0 Å². The minimum Gasteiger partial charge on any atom is -0.456 e. The van der Waals surface area contributed by atoms with Crippen molar-refractivity contribution < 1.29 is 8.83 Å². The first-order valence-corrected chi connectivity index (χ1v) is 13.6. The van der Waals surface area contributed by atoms with Crippen molar-refractivity contribution in [2.24, 2.45) is 0 Å². The molecule has 0 fully saturated rings. The van der Waals surface area contributed by atoms with Crippen LogP contribution < -0.4 is 0 Å². The highest BCUT2D eigenvalue weighted by Crippen LogP contribution is 2.47. The lowest BCUT2D eigenvalue weighted by molar-refractivity contribution is 0.656. The van der Waals surface area contributed by atoms with Gasteiger partial charge in [0.05, 0.1) is 0 Å². The number of para-hydroxylation sites is 2. The van der Waals surface area contributed by atoms with Crippen molar-refractivity contribution in [3.63, 3.8) is 0 Å². The molecule has 7 aromatic carbocycles. The number of hydrogen-bond donors (Lipinski definition) is 0. The van der Waals surface area contributed by atoms with Crippen LogP contribution in [-0.4, -0.2) is 0 Å². The standard InChI is InChI=1S/C38H22O2/c1-2-11-23(12-3-1)36-25-14-4-6-16-27(25)37(28-17-7-5-15-26(28)36)30-19-10-18-29-32-21-31-24-13-8-9-20-33(24)39-34(31)22-35(32)40-38(29)30/h1-22H. The Morgan fingerprint density at radius 3 is 1.60 bits per heavy atom. The van der Waals surface area contributed by atoms with Gasteiger partial charge in [-0.15, -0.1) is 0 Å². The summed E-state index contributed by atoms with van der Waals surface area (Å²) in [5.41, 5.74) is 8.26. The van der Waals surface area contributed by atoms with Gasteiger partial charge in [-0.2, -0.15) is 0 Å². The van der Waals surface area contributed by atoms with Gasteiger partial charge in [0, 0.05) is 38.7 Å². The quantitative estimate of drug-likeness (QED) is 0.216. The largest absolute Gasteiger partial charge is 0.456 e. The summed E-state index contributed by atoms with van der Waals surface area (Å²) in [6, 6.07) is 47.2. The molecule has 186 valence electrons. The third kappa shape index (κ3) is 2.93. The zero-order valence-corrected chi connectivity index (χ0v) is 21.5. The number of fused-ring (bicyclic) bond motifs is 8. The van der Waals surface area contributed by atoms with Crippen LogP contribution in [0.25, 0.3) is 87.7 Å². The van der Waals surface area contributed by atoms with E-state index < -0.39 is 0 Å². The lowest BCUT2D eigenvalue weighted by Gasteiger charge is -2.17. The molecular formula is C38H22O2. The summed E-state index contributed by atoms with van der Waals surface area (Å²) in [6.07, 6.45) is 0. The molecule has 0 saturated heterocycles. The van der Waals surface area contributed by atoms with Gasteiger partial charge in [-0.05, 0) is 44.8 Å². The highest BCUT2D eigenvalue weighted by atomic mass is 16.3.